The summed E-state index contributed by atoms with van der Waals surface area (Å²) >= 11 is 0. The predicted octanol–water partition coefficient (Wildman–Crippen LogP) is 3.98. The van der Waals surface area contributed by atoms with Crippen molar-refractivity contribution in [3.63, 3.8) is 0 Å². The summed E-state index contributed by atoms with van der Waals surface area (Å²) in [5, 5.41) is 0. The van der Waals surface area contributed by atoms with E-state index >= 15 is 0 Å². The number of halogens is 1. The molecule has 1 amide bonds. The Morgan fingerprint density at radius 1 is 1.30 bits per heavy atom. The van der Waals surface area contributed by atoms with Gasteiger partial charge < -0.3 is 9.64 Å². The van der Waals surface area contributed by atoms with Gasteiger partial charge in [0.15, 0.2) is 0 Å². The summed E-state index contributed by atoms with van der Waals surface area (Å²) in [4.78, 5) is 14.6. The zero-order valence-electron chi connectivity index (χ0n) is 13.4. The predicted molar refractivity (Wildman–Crippen MR) is 87.2 cm³/mol. The lowest BCUT2D eigenvalue weighted by Gasteiger charge is -2.35. The highest BCUT2D eigenvalue weighted by Crippen LogP contribution is 2.31. The van der Waals surface area contributed by atoms with Gasteiger partial charge in [0.2, 0.25) is 0 Å². The van der Waals surface area contributed by atoms with Gasteiger partial charge in [0.1, 0.15) is 11.6 Å². The third-order valence-corrected chi connectivity index (χ3v) is 4.30. The molecule has 2 aromatic rings. The van der Waals surface area contributed by atoms with Crippen molar-refractivity contribution in [2.45, 2.75) is 26.3 Å². The molecule has 3 rings (SSSR count). The van der Waals surface area contributed by atoms with Crippen LogP contribution in [0.2, 0.25) is 0 Å². The molecule has 1 atom stereocenters. The number of nitrogens with zero attached hydrogens (tertiary/aromatic N) is 1. The highest BCUT2D eigenvalue weighted by Gasteiger charge is 2.28. The van der Waals surface area contributed by atoms with Crippen molar-refractivity contribution in [1.82, 2.24) is 4.90 Å². The number of hydrogen-bond acceptors (Lipinski definition) is 2. The molecule has 0 saturated heterocycles. The van der Waals surface area contributed by atoms with Gasteiger partial charge >= 0.3 is 0 Å². The van der Waals surface area contributed by atoms with Gasteiger partial charge in [-0.05, 0) is 61.7 Å². The quantitative estimate of drug-likeness (QED) is 0.857. The molecule has 0 N–H and O–H groups in total. The molecule has 4 heteroatoms. The Kier molecular flexibility index (Phi) is 4.33. The van der Waals surface area contributed by atoms with Gasteiger partial charge in [0.05, 0.1) is 12.6 Å². The van der Waals surface area contributed by atoms with Gasteiger partial charge in [-0.25, -0.2) is 4.39 Å². The van der Waals surface area contributed by atoms with Crippen molar-refractivity contribution in [1.29, 1.82) is 0 Å². The molecule has 1 aliphatic heterocycles. The maximum Gasteiger partial charge on any atom is 0.254 e. The molecule has 1 aliphatic rings. The SMILES string of the molecule is CCOc1cccc(C(=O)N2CCc3ccc(F)cc3C2C)c1. The lowest BCUT2D eigenvalue weighted by atomic mass is 9.93. The number of fused-ring (bicyclic) bond motifs is 1. The zero-order chi connectivity index (χ0) is 16.4. The van der Waals surface area contributed by atoms with Crippen LogP contribution in [0.4, 0.5) is 4.39 Å². The van der Waals surface area contributed by atoms with Gasteiger partial charge in [-0.2, -0.15) is 0 Å². The molecular formula is C19H20FNO2. The Balaban J connectivity index is 1.87. The molecule has 1 heterocycles. The van der Waals surface area contributed by atoms with Crippen LogP contribution in [0.1, 0.15) is 41.4 Å². The molecule has 0 spiro atoms. The summed E-state index contributed by atoms with van der Waals surface area (Å²) in [7, 11) is 0. The molecule has 120 valence electrons. The van der Waals surface area contributed by atoms with Gasteiger partial charge in [-0.1, -0.05) is 12.1 Å². The first kappa shape index (κ1) is 15.5. The van der Waals surface area contributed by atoms with Gasteiger partial charge in [-0.3, -0.25) is 4.79 Å². The van der Waals surface area contributed by atoms with E-state index in [2.05, 4.69) is 0 Å². The average Bonchev–Trinajstić information content (AvgIpc) is 2.56. The van der Waals surface area contributed by atoms with Crippen molar-refractivity contribution in [2.75, 3.05) is 13.2 Å². The Hall–Kier alpha value is -2.36. The molecule has 0 radical (unpaired) electrons. The monoisotopic (exact) mass is 313 g/mol. The molecule has 23 heavy (non-hydrogen) atoms. The zero-order valence-corrected chi connectivity index (χ0v) is 13.4. The second kappa shape index (κ2) is 6.41. The van der Waals surface area contributed by atoms with Crippen LogP contribution >= 0.6 is 0 Å². The normalized spacial score (nSPS) is 16.8. The Labute approximate surface area is 135 Å². The lowest BCUT2D eigenvalue weighted by Crippen LogP contribution is -2.38. The average molecular weight is 313 g/mol. The van der Waals surface area contributed by atoms with Crippen molar-refractivity contribution >= 4 is 5.91 Å². The third-order valence-electron chi connectivity index (χ3n) is 4.30. The van der Waals surface area contributed by atoms with E-state index in [1.807, 2.05) is 32.0 Å². The second-order valence-electron chi connectivity index (χ2n) is 5.73. The van der Waals surface area contributed by atoms with E-state index in [0.29, 0.717) is 24.5 Å². The number of rotatable bonds is 3. The minimum absolute atomic E-state index is 0.0473. The molecule has 0 saturated carbocycles. The molecule has 2 aromatic carbocycles. The summed E-state index contributed by atoms with van der Waals surface area (Å²) < 4.78 is 19.0. The highest BCUT2D eigenvalue weighted by molar-refractivity contribution is 5.95. The molecule has 0 bridgehead atoms. The van der Waals surface area contributed by atoms with Crippen LogP contribution in [-0.2, 0) is 6.42 Å². The van der Waals surface area contributed by atoms with E-state index in [4.69, 9.17) is 4.74 Å². The van der Waals surface area contributed by atoms with Crippen LogP contribution in [0.3, 0.4) is 0 Å². The fourth-order valence-corrected chi connectivity index (χ4v) is 3.11. The lowest BCUT2D eigenvalue weighted by molar-refractivity contribution is 0.0677. The Morgan fingerprint density at radius 3 is 2.91 bits per heavy atom. The minimum atomic E-state index is -0.261. The molecule has 0 aromatic heterocycles. The van der Waals surface area contributed by atoms with Crippen LogP contribution in [0.5, 0.6) is 5.75 Å². The highest BCUT2D eigenvalue weighted by atomic mass is 19.1. The first-order valence-corrected chi connectivity index (χ1v) is 7.92. The number of amides is 1. The van der Waals surface area contributed by atoms with Crippen LogP contribution in [0, 0.1) is 5.82 Å². The second-order valence-corrected chi connectivity index (χ2v) is 5.73. The summed E-state index contributed by atoms with van der Waals surface area (Å²) in [6, 6.07) is 11.9. The number of hydrogen-bond donors (Lipinski definition) is 0. The van der Waals surface area contributed by atoms with E-state index in [1.54, 1.807) is 17.0 Å². The van der Waals surface area contributed by atoms with Crippen LogP contribution in [-0.4, -0.2) is 24.0 Å². The number of benzene rings is 2. The Bertz CT molecular complexity index is 729. The molecule has 3 nitrogen and oxygen atoms in total. The summed E-state index contributed by atoms with van der Waals surface area (Å²) in [5.41, 5.74) is 2.61. The molecule has 0 aliphatic carbocycles. The van der Waals surface area contributed by atoms with Crippen molar-refractivity contribution in [3.8, 4) is 5.75 Å². The summed E-state index contributed by atoms with van der Waals surface area (Å²) in [6.45, 7) is 5.05. The van der Waals surface area contributed by atoms with Crippen LogP contribution in [0.15, 0.2) is 42.5 Å². The van der Waals surface area contributed by atoms with E-state index in [1.165, 1.54) is 12.1 Å². The first-order valence-electron chi connectivity index (χ1n) is 7.92. The molecular weight excluding hydrogens is 293 g/mol. The minimum Gasteiger partial charge on any atom is -0.494 e. The molecule has 0 fully saturated rings. The van der Waals surface area contributed by atoms with Crippen LogP contribution < -0.4 is 4.74 Å². The summed E-state index contributed by atoms with van der Waals surface area (Å²) in [5.74, 6) is 0.381. The standard InChI is InChI=1S/C19H20FNO2/c1-3-23-17-6-4-5-15(11-17)19(22)21-10-9-14-7-8-16(20)12-18(14)13(21)2/h4-8,11-13H,3,9-10H2,1-2H3. The van der Waals surface area contributed by atoms with Gasteiger partial charge in [0, 0.05) is 12.1 Å². The van der Waals surface area contributed by atoms with E-state index in [0.717, 1.165) is 17.5 Å². The number of carbonyl (C=O) groups excluding carboxylic acids is 1. The third kappa shape index (κ3) is 3.07. The van der Waals surface area contributed by atoms with E-state index in [-0.39, 0.29) is 17.8 Å². The Morgan fingerprint density at radius 2 is 2.13 bits per heavy atom. The topological polar surface area (TPSA) is 29.5 Å². The van der Waals surface area contributed by atoms with Crippen molar-refractivity contribution in [2.24, 2.45) is 0 Å². The van der Waals surface area contributed by atoms with E-state index in [9.17, 15) is 9.18 Å². The first-order chi connectivity index (χ1) is 11.1. The van der Waals surface area contributed by atoms with Crippen molar-refractivity contribution in [3.05, 3.63) is 65.0 Å². The van der Waals surface area contributed by atoms with Gasteiger partial charge in [-0.15, -0.1) is 0 Å². The van der Waals surface area contributed by atoms with E-state index < -0.39 is 0 Å². The van der Waals surface area contributed by atoms with Crippen LogP contribution in [0.25, 0.3) is 0 Å². The van der Waals surface area contributed by atoms with Crippen molar-refractivity contribution < 1.29 is 13.9 Å². The van der Waals surface area contributed by atoms with Gasteiger partial charge in [0.25, 0.3) is 5.91 Å². The fourth-order valence-electron chi connectivity index (χ4n) is 3.11. The smallest absolute Gasteiger partial charge is 0.254 e. The maximum absolute atomic E-state index is 13.5. The molecule has 1 unspecified atom stereocenters. The summed E-state index contributed by atoms with van der Waals surface area (Å²) in [6.07, 6.45) is 0.747. The number of carbonyl (C=O) groups is 1. The number of ether oxygens (including phenoxy) is 1. The largest absolute Gasteiger partial charge is 0.494 e. The maximum atomic E-state index is 13.5. The fraction of sp³-hybridized carbons (Fsp3) is 0.316.